The summed E-state index contributed by atoms with van der Waals surface area (Å²) in [5.41, 5.74) is 2.46. The van der Waals surface area contributed by atoms with E-state index in [4.69, 9.17) is 4.74 Å². The van der Waals surface area contributed by atoms with Gasteiger partial charge in [0.2, 0.25) is 0 Å². The fourth-order valence-electron chi connectivity index (χ4n) is 3.23. The van der Waals surface area contributed by atoms with Crippen molar-refractivity contribution in [2.75, 3.05) is 19.0 Å². The smallest absolute Gasteiger partial charge is 0.261 e. The molecule has 0 unspecified atom stereocenters. The van der Waals surface area contributed by atoms with E-state index in [-0.39, 0.29) is 5.91 Å². The summed E-state index contributed by atoms with van der Waals surface area (Å²) in [5.74, 6) is 0.334. The Labute approximate surface area is 182 Å². The summed E-state index contributed by atoms with van der Waals surface area (Å²) in [5, 5.41) is 6.89. The number of rotatable bonds is 7. The molecular formula is C22H20FN5O2S. The topological polar surface area (TPSA) is 89.0 Å². The molecule has 0 saturated carbocycles. The highest BCUT2D eigenvalue weighted by molar-refractivity contribution is 7.20. The number of anilines is 2. The monoisotopic (exact) mass is 437 g/mol. The molecule has 1 aromatic carbocycles. The zero-order chi connectivity index (χ0) is 21.8. The number of aryl methyl sites for hydroxylation is 1. The number of thiophene rings is 1. The fraction of sp³-hybridized carbons (Fsp3) is 0.182. The maximum atomic E-state index is 13.5. The van der Waals surface area contributed by atoms with Gasteiger partial charge in [-0.25, -0.2) is 14.4 Å². The molecular weight excluding hydrogens is 417 g/mol. The van der Waals surface area contributed by atoms with E-state index in [0.29, 0.717) is 33.5 Å². The average Bonchev–Trinajstić information content (AvgIpc) is 3.13. The van der Waals surface area contributed by atoms with Gasteiger partial charge < -0.3 is 15.4 Å². The Bertz CT molecular complexity index is 1230. The van der Waals surface area contributed by atoms with Gasteiger partial charge in [0.25, 0.3) is 5.91 Å². The predicted octanol–water partition coefficient (Wildman–Crippen LogP) is 4.26. The summed E-state index contributed by atoms with van der Waals surface area (Å²) in [6.45, 7) is 2.38. The summed E-state index contributed by atoms with van der Waals surface area (Å²) in [7, 11) is 1.47. The molecule has 0 atom stereocenters. The molecule has 1 amide bonds. The lowest BCUT2D eigenvalue weighted by Crippen LogP contribution is -2.25. The van der Waals surface area contributed by atoms with Crippen LogP contribution in [-0.2, 0) is 6.42 Å². The molecule has 0 aliphatic rings. The number of nitrogens with zero attached hydrogens (tertiary/aromatic N) is 3. The molecule has 0 saturated heterocycles. The zero-order valence-corrected chi connectivity index (χ0v) is 17.8. The van der Waals surface area contributed by atoms with Crippen molar-refractivity contribution in [2.45, 2.75) is 13.3 Å². The van der Waals surface area contributed by atoms with E-state index >= 15 is 0 Å². The van der Waals surface area contributed by atoms with Crippen molar-refractivity contribution in [3.63, 3.8) is 0 Å². The van der Waals surface area contributed by atoms with Crippen molar-refractivity contribution in [3.8, 4) is 5.75 Å². The third kappa shape index (κ3) is 4.46. The molecule has 31 heavy (non-hydrogen) atoms. The normalized spacial score (nSPS) is 10.8. The van der Waals surface area contributed by atoms with Gasteiger partial charge in [-0.15, -0.1) is 11.3 Å². The number of fused-ring (bicyclic) bond motifs is 1. The van der Waals surface area contributed by atoms with E-state index < -0.39 is 5.82 Å². The van der Waals surface area contributed by atoms with E-state index in [0.717, 1.165) is 22.9 Å². The Kier molecular flexibility index (Phi) is 6.03. The minimum absolute atomic E-state index is 0.153. The number of carbonyl (C=O) groups excluding carboxylic acids is 1. The van der Waals surface area contributed by atoms with E-state index in [1.165, 1.54) is 36.9 Å². The third-order valence-electron chi connectivity index (χ3n) is 4.80. The molecule has 4 aromatic rings. The van der Waals surface area contributed by atoms with Crippen molar-refractivity contribution >= 4 is 39.0 Å². The maximum Gasteiger partial charge on any atom is 0.261 e. The fourth-order valence-corrected chi connectivity index (χ4v) is 4.29. The first-order valence-electron chi connectivity index (χ1n) is 9.58. The standard InChI is InChI=1S/C22H20FN5O2S/c1-13-18-20(28-16-4-3-15(23)11-17(16)30-2)26-12-27-22(18)31-19(13)21(29)25-10-7-14-5-8-24-9-6-14/h3-6,8-9,11-12H,7,10H2,1-2H3,(H,25,29)(H,26,27,28). The van der Waals surface area contributed by atoms with Crippen molar-refractivity contribution in [3.05, 3.63) is 70.9 Å². The SMILES string of the molecule is COc1cc(F)ccc1Nc1ncnc2sc(C(=O)NCCc3ccncc3)c(C)c12. The summed E-state index contributed by atoms with van der Waals surface area (Å²) >= 11 is 1.31. The minimum atomic E-state index is -0.396. The molecule has 7 nitrogen and oxygen atoms in total. The second-order valence-electron chi connectivity index (χ2n) is 6.79. The number of amides is 1. The molecule has 0 fully saturated rings. The molecule has 3 heterocycles. The van der Waals surface area contributed by atoms with Crippen LogP contribution in [0.15, 0.2) is 49.1 Å². The minimum Gasteiger partial charge on any atom is -0.494 e. The molecule has 0 radical (unpaired) electrons. The zero-order valence-electron chi connectivity index (χ0n) is 17.0. The second-order valence-corrected chi connectivity index (χ2v) is 7.79. The van der Waals surface area contributed by atoms with Crippen LogP contribution in [0.5, 0.6) is 5.75 Å². The van der Waals surface area contributed by atoms with Crippen molar-refractivity contribution in [2.24, 2.45) is 0 Å². The number of carbonyl (C=O) groups is 1. The van der Waals surface area contributed by atoms with Crippen LogP contribution in [0.25, 0.3) is 10.2 Å². The number of nitrogens with one attached hydrogen (secondary N) is 2. The lowest BCUT2D eigenvalue weighted by atomic mass is 10.1. The number of methoxy groups -OCH3 is 1. The van der Waals surface area contributed by atoms with E-state index in [1.807, 2.05) is 19.1 Å². The summed E-state index contributed by atoms with van der Waals surface area (Å²) < 4.78 is 18.8. The van der Waals surface area contributed by atoms with Crippen molar-refractivity contribution < 1.29 is 13.9 Å². The first-order valence-corrected chi connectivity index (χ1v) is 10.4. The Balaban J connectivity index is 1.57. The summed E-state index contributed by atoms with van der Waals surface area (Å²) in [6.07, 6.45) is 5.62. The number of benzene rings is 1. The van der Waals surface area contributed by atoms with Gasteiger partial charge in [0.15, 0.2) is 0 Å². The van der Waals surface area contributed by atoms with Gasteiger partial charge in [-0.3, -0.25) is 9.78 Å². The largest absolute Gasteiger partial charge is 0.494 e. The Morgan fingerprint density at radius 1 is 1.19 bits per heavy atom. The number of hydrogen-bond donors (Lipinski definition) is 2. The highest BCUT2D eigenvalue weighted by Crippen LogP contribution is 2.36. The van der Waals surface area contributed by atoms with Gasteiger partial charge in [0.05, 0.1) is 23.1 Å². The van der Waals surface area contributed by atoms with Crippen LogP contribution in [0.3, 0.4) is 0 Å². The van der Waals surface area contributed by atoms with E-state index in [2.05, 4.69) is 25.6 Å². The van der Waals surface area contributed by atoms with Gasteiger partial charge in [-0.05, 0) is 48.7 Å². The molecule has 0 aliphatic carbocycles. The van der Waals surface area contributed by atoms with Crippen molar-refractivity contribution in [1.29, 1.82) is 0 Å². The van der Waals surface area contributed by atoms with E-state index in [9.17, 15) is 9.18 Å². The molecule has 3 aromatic heterocycles. The average molecular weight is 438 g/mol. The van der Waals surface area contributed by atoms with Crippen LogP contribution in [-0.4, -0.2) is 34.5 Å². The highest BCUT2D eigenvalue weighted by Gasteiger charge is 2.20. The number of pyridine rings is 1. The molecule has 0 spiro atoms. The van der Waals surface area contributed by atoms with Crippen LogP contribution in [0.1, 0.15) is 20.8 Å². The van der Waals surface area contributed by atoms with Crippen LogP contribution in [0.2, 0.25) is 0 Å². The van der Waals surface area contributed by atoms with Gasteiger partial charge in [0.1, 0.15) is 28.5 Å². The van der Waals surface area contributed by atoms with Crippen LogP contribution in [0.4, 0.5) is 15.9 Å². The summed E-state index contributed by atoms with van der Waals surface area (Å²) in [6, 6.07) is 8.06. The van der Waals surface area contributed by atoms with Crippen LogP contribution < -0.4 is 15.4 Å². The molecule has 9 heteroatoms. The van der Waals surface area contributed by atoms with Crippen molar-refractivity contribution in [1.82, 2.24) is 20.3 Å². The second kappa shape index (κ2) is 9.05. The van der Waals surface area contributed by atoms with Crippen LogP contribution >= 0.6 is 11.3 Å². The Hall–Kier alpha value is -3.59. The molecule has 4 rings (SSSR count). The third-order valence-corrected chi connectivity index (χ3v) is 6.00. The lowest BCUT2D eigenvalue weighted by molar-refractivity contribution is 0.0957. The quantitative estimate of drug-likeness (QED) is 0.449. The molecule has 0 bridgehead atoms. The van der Waals surface area contributed by atoms with Crippen LogP contribution in [0, 0.1) is 12.7 Å². The summed E-state index contributed by atoms with van der Waals surface area (Å²) in [4.78, 5) is 26.7. The first-order chi connectivity index (χ1) is 15.1. The Morgan fingerprint density at radius 2 is 2.00 bits per heavy atom. The highest BCUT2D eigenvalue weighted by atomic mass is 32.1. The van der Waals surface area contributed by atoms with Gasteiger partial charge >= 0.3 is 0 Å². The Morgan fingerprint density at radius 3 is 2.77 bits per heavy atom. The molecule has 158 valence electrons. The van der Waals surface area contributed by atoms with E-state index in [1.54, 1.807) is 18.5 Å². The number of hydrogen-bond acceptors (Lipinski definition) is 7. The molecule has 2 N–H and O–H groups in total. The number of aromatic nitrogens is 3. The predicted molar refractivity (Wildman–Crippen MR) is 119 cm³/mol. The van der Waals surface area contributed by atoms with Gasteiger partial charge in [-0.2, -0.15) is 0 Å². The maximum absolute atomic E-state index is 13.5. The molecule has 0 aliphatic heterocycles. The number of ether oxygens (including phenoxy) is 1. The number of halogens is 1. The first kappa shape index (κ1) is 20.7. The van der Waals surface area contributed by atoms with Gasteiger partial charge in [-0.1, -0.05) is 0 Å². The lowest BCUT2D eigenvalue weighted by Gasteiger charge is -2.11. The van der Waals surface area contributed by atoms with Gasteiger partial charge in [0, 0.05) is 25.0 Å².